The highest BCUT2D eigenvalue weighted by atomic mass is 19.4. The number of ether oxygens (including phenoxy) is 1. The average molecular weight is 396 g/mol. The highest BCUT2D eigenvalue weighted by Crippen LogP contribution is 2.47. The molecule has 0 aliphatic carbocycles. The van der Waals surface area contributed by atoms with Crippen LogP contribution in [0.4, 0.5) is 30.7 Å². The van der Waals surface area contributed by atoms with Gasteiger partial charge < -0.3 is 9.72 Å². The van der Waals surface area contributed by atoms with E-state index in [4.69, 9.17) is 0 Å². The number of para-hydroxylation sites is 2. The first-order valence-corrected chi connectivity index (χ1v) is 6.98. The zero-order valence-corrected chi connectivity index (χ0v) is 12.7. The average Bonchev–Trinajstić information content (AvgIpc) is 3.19. The largest absolute Gasteiger partial charge is 0.460 e. The Kier molecular flexibility index (Phi) is 4.12. The zero-order chi connectivity index (χ0) is 20.0. The molecule has 0 atom stereocenters. The van der Waals surface area contributed by atoms with Gasteiger partial charge in [0.2, 0.25) is 5.88 Å². The van der Waals surface area contributed by atoms with E-state index in [-0.39, 0.29) is 11.5 Å². The number of nitrogens with zero attached hydrogens (tertiary/aromatic N) is 2. The lowest BCUT2D eigenvalue weighted by molar-refractivity contribution is -0.346. The van der Waals surface area contributed by atoms with Crippen LogP contribution in [0.1, 0.15) is 0 Å². The third kappa shape index (κ3) is 3.08. The van der Waals surface area contributed by atoms with E-state index >= 15 is 0 Å². The van der Waals surface area contributed by atoms with Gasteiger partial charge in [-0.2, -0.15) is 30.7 Å². The maximum atomic E-state index is 13.2. The number of benzene rings is 1. The van der Waals surface area contributed by atoms with Crippen LogP contribution < -0.4 is 4.74 Å². The van der Waals surface area contributed by atoms with Gasteiger partial charge in [-0.15, -0.1) is 5.10 Å². The van der Waals surface area contributed by atoms with Gasteiger partial charge in [0.05, 0.1) is 11.0 Å². The van der Waals surface area contributed by atoms with Crippen molar-refractivity contribution in [3.8, 4) is 17.4 Å². The normalized spacial score (nSPS) is 13.1. The van der Waals surface area contributed by atoms with E-state index in [1.54, 1.807) is 24.3 Å². The minimum Gasteiger partial charge on any atom is -0.401 e. The van der Waals surface area contributed by atoms with Crippen LogP contribution in [0.25, 0.3) is 22.6 Å². The molecule has 0 amide bonds. The second-order valence-corrected chi connectivity index (χ2v) is 5.26. The summed E-state index contributed by atoms with van der Waals surface area (Å²) in [6.45, 7) is 0. The number of nitrogens with one attached hydrogen (secondary N) is 2. The Morgan fingerprint density at radius 2 is 1.70 bits per heavy atom. The summed E-state index contributed by atoms with van der Waals surface area (Å²) >= 11 is 0. The highest BCUT2D eigenvalue weighted by Gasteiger charge is 2.77. The Hall–Kier alpha value is -3.12. The molecule has 3 rings (SSSR count). The fourth-order valence-corrected chi connectivity index (χ4v) is 2.02. The van der Waals surface area contributed by atoms with Crippen molar-refractivity contribution in [1.82, 2.24) is 20.2 Å². The Balaban J connectivity index is 1.82. The molecule has 13 heteroatoms. The van der Waals surface area contributed by atoms with E-state index < -0.39 is 29.9 Å². The van der Waals surface area contributed by atoms with Gasteiger partial charge in [0, 0.05) is 6.07 Å². The molecule has 3 aromatic rings. The first-order chi connectivity index (χ1) is 12.4. The van der Waals surface area contributed by atoms with Gasteiger partial charge in [0.1, 0.15) is 5.69 Å². The van der Waals surface area contributed by atoms with Gasteiger partial charge in [-0.1, -0.05) is 12.1 Å². The zero-order valence-electron chi connectivity index (χ0n) is 12.7. The summed E-state index contributed by atoms with van der Waals surface area (Å²) in [5.74, 6) is -16.7. The molecule has 0 aliphatic rings. The van der Waals surface area contributed by atoms with Gasteiger partial charge in [0.15, 0.2) is 5.82 Å². The van der Waals surface area contributed by atoms with Crippen LogP contribution in [0.2, 0.25) is 0 Å². The maximum Gasteiger partial charge on any atom is 0.460 e. The summed E-state index contributed by atoms with van der Waals surface area (Å²) in [4.78, 5) is 18.1. The van der Waals surface area contributed by atoms with Crippen molar-refractivity contribution < 1.29 is 40.3 Å². The van der Waals surface area contributed by atoms with Crippen LogP contribution >= 0.6 is 0 Å². The summed E-state index contributed by atoms with van der Waals surface area (Å²) in [5.41, 5.74) is 1.13. The number of aromatic nitrogens is 4. The van der Waals surface area contributed by atoms with Gasteiger partial charge in [0.25, 0.3) is 0 Å². The summed E-state index contributed by atoms with van der Waals surface area (Å²) in [5, 5.41) is 5.51. The fraction of sp³-hybridized carbons (Fsp3) is 0.214. The molecule has 2 N–H and O–H groups in total. The number of esters is 1. The first kappa shape index (κ1) is 18.7. The number of hydrogen-bond donors (Lipinski definition) is 2. The number of halogens is 7. The number of fused-ring (bicyclic) bond motifs is 1. The van der Waals surface area contributed by atoms with Crippen molar-refractivity contribution in [3.63, 3.8) is 0 Å². The first-order valence-electron chi connectivity index (χ1n) is 6.98. The minimum atomic E-state index is -6.65. The summed E-state index contributed by atoms with van der Waals surface area (Å²) in [7, 11) is 0. The molecule has 0 bridgehead atoms. The molecule has 0 saturated carbocycles. The lowest BCUT2D eigenvalue weighted by Crippen LogP contribution is -2.57. The number of hydrogen-bond acceptors (Lipinski definition) is 4. The predicted octanol–water partition coefficient (Wildman–Crippen LogP) is 3.69. The van der Waals surface area contributed by atoms with Crippen LogP contribution in [0.15, 0.2) is 30.3 Å². The molecule has 1 aromatic carbocycles. The molecular formula is C14H7F7N4O2. The van der Waals surface area contributed by atoms with Gasteiger partial charge in [-0.25, -0.2) is 9.78 Å². The van der Waals surface area contributed by atoms with Crippen LogP contribution in [0.3, 0.4) is 0 Å². The topological polar surface area (TPSA) is 83.7 Å². The van der Waals surface area contributed by atoms with Crippen LogP contribution in [-0.4, -0.2) is 44.2 Å². The van der Waals surface area contributed by atoms with E-state index in [1.165, 1.54) is 0 Å². The number of alkyl halides is 7. The number of rotatable bonds is 4. The number of carbonyl (C=O) groups is 1. The van der Waals surface area contributed by atoms with Crippen molar-refractivity contribution in [3.05, 3.63) is 30.3 Å². The third-order valence-corrected chi connectivity index (χ3v) is 3.40. The van der Waals surface area contributed by atoms with Crippen molar-refractivity contribution in [2.24, 2.45) is 0 Å². The second kappa shape index (κ2) is 5.96. The summed E-state index contributed by atoms with van der Waals surface area (Å²) < 4.78 is 92.3. The summed E-state index contributed by atoms with van der Waals surface area (Å²) in [6.07, 6.45) is -6.65. The molecule has 27 heavy (non-hydrogen) atoms. The lowest BCUT2D eigenvalue weighted by Gasteiger charge is -2.25. The van der Waals surface area contributed by atoms with Crippen molar-refractivity contribution in [2.75, 3.05) is 0 Å². The van der Waals surface area contributed by atoms with E-state index in [9.17, 15) is 35.5 Å². The molecular weight excluding hydrogens is 389 g/mol. The van der Waals surface area contributed by atoms with Crippen LogP contribution in [0, 0.1) is 0 Å². The Morgan fingerprint density at radius 3 is 2.33 bits per heavy atom. The van der Waals surface area contributed by atoms with Gasteiger partial charge in [-0.3, -0.25) is 5.10 Å². The van der Waals surface area contributed by atoms with E-state index in [1.807, 2.05) is 0 Å². The molecule has 0 fully saturated rings. The monoisotopic (exact) mass is 396 g/mol. The number of carbonyl (C=O) groups excluding carboxylic acids is 1. The molecule has 2 aromatic heterocycles. The molecule has 0 radical (unpaired) electrons. The quantitative estimate of drug-likeness (QED) is 0.521. The van der Waals surface area contributed by atoms with Crippen LogP contribution in [-0.2, 0) is 4.79 Å². The number of H-pyrrole nitrogens is 2. The molecule has 2 heterocycles. The fourth-order valence-electron chi connectivity index (χ4n) is 2.02. The Labute approximate surface area is 144 Å². The Morgan fingerprint density at radius 1 is 1.04 bits per heavy atom. The maximum absolute atomic E-state index is 13.2. The second-order valence-electron chi connectivity index (χ2n) is 5.26. The van der Waals surface area contributed by atoms with Crippen LogP contribution in [0.5, 0.6) is 5.88 Å². The Bertz CT molecular complexity index is 960. The molecule has 0 aliphatic heterocycles. The van der Waals surface area contributed by atoms with Gasteiger partial charge in [-0.05, 0) is 12.1 Å². The molecule has 0 saturated heterocycles. The molecule has 144 valence electrons. The molecule has 0 unspecified atom stereocenters. The molecule has 0 spiro atoms. The van der Waals surface area contributed by atoms with E-state index in [2.05, 4.69) is 24.9 Å². The lowest BCUT2D eigenvalue weighted by atomic mass is 10.1. The number of imidazole rings is 1. The van der Waals surface area contributed by atoms with Crippen molar-refractivity contribution >= 4 is 17.0 Å². The highest BCUT2D eigenvalue weighted by molar-refractivity contribution is 5.82. The smallest absolute Gasteiger partial charge is 0.401 e. The van der Waals surface area contributed by atoms with E-state index in [0.29, 0.717) is 11.0 Å². The predicted molar refractivity (Wildman–Crippen MR) is 75.3 cm³/mol. The van der Waals surface area contributed by atoms with Gasteiger partial charge >= 0.3 is 24.0 Å². The SMILES string of the molecule is O=C(Oc1cc(-c2nc3ccccc3[nH]2)[nH]n1)C(F)(F)C(F)(F)C(F)(F)F. The minimum absolute atomic E-state index is 0.0138. The van der Waals surface area contributed by atoms with Crippen molar-refractivity contribution in [1.29, 1.82) is 0 Å². The van der Waals surface area contributed by atoms with E-state index in [0.717, 1.165) is 6.07 Å². The molecule has 6 nitrogen and oxygen atoms in total. The van der Waals surface area contributed by atoms with Crippen molar-refractivity contribution in [2.45, 2.75) is 18.0 Å². The number of aromatic amines is 2. The third-order valence-electron chi connectivity index (χ3n) is 3.40. The standard InChI is InChI=1S/C14H7F7N4O2/c15-12(16,13(17,18)14(19,20)21)11(26)27-9-5-8(24-25-9)10-22-6-3-1-2-4-7(6)23-10/h1-5H,(H,22,23)(H,24,25). The summed E-state index contributed by atoms with van der Waals surface area (Å²) in [6, 6.07) is 7.54.